The number of carbonyl (C=O) groups is 3. The molecule has 0 saturated heterocycles. The lowest BCUT2D eigenvalue weighted by atomic mass is 9.48. The molecule has 4 aliphatic carbocycles. The average Bonchev–Trinajstić information content (AvgIpc) is 3.22. The van der Waals surface area contributed by atoms with Crippen LogP contribution in [0.2, 0.25) is 0 Å². The van der Waals surface area contributed by atoms with Crippen LogP contribution in [-0.2, 0) is 19.1 Å². The van der Waals surface area contributed by atoms with Crippen LogP contribution in [-0.4, -0.2) is 42.9 Å². The Kier molecular flexibility index (Phi) is 7.09. The molecule has 5 atom stereocenters. The van der Waals surface area contributed by atoms with Gasteiger partial charge in [-0.05, 0) is 90.7 Å². The Morgan fingerprint density at radius 2 is 1.92 bits per heavy atom. The van der Waals surface area contributed by atoms with Gasteiger partial charge in [0.15, 0.2) is 18.2 Å². The number of fused-ring (bicyclic) bond motifs is 4. The standard InChI is InChI=1S/C32H37NO5/c1-20(35)38-19-29(37)32(14-4-16-34)15-13-28-26-11-7-22-17-24(36)10-12-25(22)30(26)27(18-31(28,32)2)21-5-8-23(33-3)9-6-21/h5-6,8-9,17,26-28,33-34H,7,10-13,15-16,18-19H2,1-3H3/t26-,27+,28-,31-,32-/m0/s1. The molecule has 38 heavy (non-hydrogen) atoms. The number of aliphatic hydroxyl groups is 1. The van der Waals surface area contributed by atoms with Crippen molar-refractivity contribution in [2.75, 3.05) is 25.6 Å². The summed E-state index contributed by atoms with van der Waals surface area (Å²) in [6.07, 6.45) is 7.21. The molecule has 2 fully saturated rings. The zero-order chi connectivity index (χ0) is 27.1. The van der Waals surface area contributed by atoms with Crippen LogP contribution in [0.1, 0.15) is 70.3 Å². The molecule has 200 valence electrons. The van der Waals surface area contributed by atoms with Gasteiger partial charge in [0.05, 0.1) is 5.41 Å². The fourth-order valence-electron chi connectivity index (χ4n) is 8.08. The van der Waals surface area contributed by atoms with Crippen LogP contribution in [0.3, 0.4) is 0 Å². The fourth-order valence-corrected chi connectivity index (χ4v) is 8.08. The van der Waals surface area contributed by atoms with Gasteiger partial charge in [-0.1, -0.05) is 36.5 Å². The van der Waals surface area contributed by atoms with Crippen LogP contribution in [0.25, 0.3) is 0 Å². The SMILES string of the molecule is CNc1ccc([C@H]2C[C@@]3(C)[C@@H](CC[C@@]3(C#CCO)C(=O)COC(C)=O)[C@@H]3CCC4=CC(=O)CCC4=C32)cc1. The van der Waals surface area contributed by atoms with E-state index in [9.17, 15) is 19.5 Å². The summed E-state index contributed by atoms with van der Waals surface area (Å²) >= 11 is 0. The van der Waals surface area contributed by atoms with E-state index >= 15 is 0 Å². The second kappa shape index (κ2) is 10.2. The molecule has 1 aromatic carbocycles. The van der Waals surface area contributed by atoms with E-state index in [4.69, 9.17) is 4.74 Å². The van der Waals surface area contributed by atoms with Gasteiger partial charge in [0, 0.05) is 32.0 Å². The monoisotopic (exact) mass is 515 g/mol. The quantitative estimate of drug-likeness (QED) is 0.435. The first-order valence-corrected chi connectivity index (χ1v) is 13.8. The van der Waals surface area contributed by atoms with E-state index in [1.807, 2.05) is 13.1 Å². The summed E-state index contributed by atoms with van der Waals surface area (Å²) in [5.74, 6) is 6.25. The molecule has 2 N–H and O–H groups in total. The fraction of sp³-hybridized carbons (Fsp3) is 0.531. The number of carbonyl (C=O) groups excluding carboxylic acids is 3. The van der Waals surface area contributed by atoms with Gasteiger partial charge in [0.1, 0.15) is 6.61 Å². The molecule has 0 bridgehead atoms. The molecule has 0 spiro atoms. The summed E-state index contributed by atoms with van der Waals surface area (Å²) in [6, 6.07) is 8.53. The third-order valence-electron chi connectivity index (χ3n) is 9.79. The maximum atomic E-state index is 13.9. The molecule has 5 rings (SSSR count). The Bertz CT molecular complexity index is 1280. The van der Waals surface area contributed by atoms with Crippen molar-refractivity contribution in [3.05, 3.63) is 52.6 Å². The number of hydrogen-bond donors (Lipinski definition) is 2. The van der Waals surface area contributed by atoms with Gasteiger partial charge in [-0.25, -0.2) is 0 Å². The number of ketones is 2. The molecule has 0 aromatic heterocycles. The number of ether oxygens (including phenoxy) is 1. The number of allylic oxidation sites excluding steroid dienone is 4. The van der Waals surface area contributed by atoms with Gasteiger partial charge < -0.3 is 15.2 Å². The number of anilines is 1. The van der Waals surface area contributed by atoms with Crippen molar-refractivity contribution in [3.63, 3.8) is 0 Å². The van der Waals surface area contributed by atoms with Crippen molar-refractivity contribution < 1.29 is 24.2 Å². The summed E-state index contributed by atoms with van der Waals surface area (Å²) in [5.41, 5.74) is 4.80. The first-order valence-electron chi connectivity index (χ1n) is 13.8. The number of benzene rings is 1. The molecule has 6 nitrogen and oxygen atoms in total. The van der Waals surface area contributed by atoms with E-state index in [1.165, 1.54) is 29.2 Å². The third kappa shape index (κ3) is 4.22. The average molecular weight is 516 g/mol. The molecule has 4 aliphatic rings. The number of hydrogen-bond acceptors (Lipinski definition) is 6. The minimum atomic E-state index is -0.992. The molecule has 0 amide bonds. The van der Waals surface area contributed by atoms with E-state index in [1.54, 1.807) is 0 Å². The number of esters is 1. The van der Waals surface area contributed by atoms with Crippen molar-refractivity contribution in [2.24, 2.45) is 22.7 Å². The predicted octanol–water partition coefficient (Wildman–Crippen LogP) is 4.74. The summed E-state index contributed by atoms with van der Waals surface area (Å²) in [6.45, 7) is 2.89. The highest BCUT2D eigenvalue weighted by Gasteiger charge is 2.65. The highest BCUT2D eigenvalue weighted by atomic mass is 16.5. The molecule has 0 radical (unpaired) electrons. The Balaban J connectivity index is 1.66. The zero-order valence-electron chi connectivity index (χ0n) is 22.6. The number of Topliss-reactive ketones (excluding diaryl/α,β-unsaturated/α-hetero) is 1. The van der Waals surface area contributed by atoms with Gasteiger partial charge in [-0.2, -0.15) is 0 Å². The van der Waals surface area contributed by atoms with E-state index < -0.39 is 16.8 Å². The van der Waals surface area contributed by atoms with Crippen LogP contribution in [0, 0.1) is 34.5 Å². The highest BCUT2D eigenvalue weighted by Crippen LogP contribution is 2.69. The molecule has 0 aliphatic heterocycles. The lowest BCUT2D eigenvalue weighted by molar-refractivity contribution is -0.150. The summed E-state index contributed by atoms with van der Waals surface area (Å²) < 4.78 is 5.20. The molecule has 2 saturated carbocycles. The Labute approximate surface area is 224 Å². The first kappa shape index (κ1) is 26.4. The van der Waals surface area contributed by atoms with Gasteiger partial charge in [-0.3, -0.25) is 14.4 Å². The Hall–Kier alpha value is -3.17. The topological polar surface area (TPSA) is 92.7 Å². The van der Waals surface area contributed by atoms with Gasteiger partial charge in [-0.15, -0.1) is 0 Å². The summed E-state index contributed by atoms with van der Waals surface area (Å²) in [5, 5.41) is 12.8. The number of rotatable bonds is 5. The van der Waals surface area contributed by atoms with Gasteiger partial charge in [0.2, 0.25) is 0 Å². The minimum Gasteiger partial charge on any atom is -0.458 e. The summed E-state index contributed by atoms with van der Waals surface area (Å²) in [4.78, 5) is 37.7. The van der Waals surface area contributed by atoms with Crippen molar-refractivity contribution >= 4 is 23.2 Å². The van der Waals surface area contributed by atoms with E-state index in [0.717, 1.165) is 37.8 Å². The van der Waals surface area contributed by atoms with Crippen LogP contribution < -0.4 is 5.32 Å². The third-order valence-corrected chi connectivity index (χ3v) is 9.79. The van der Waals surface area contributed by atoms with Crippen LogP contribution in [0.5, 0.6) is 0 Å². The molecule has 1 aromatic rings. The molecule has 6 heteroatoms. The maximum absolute atomic E-state index is 13.9. The van der Waals surface area contributed by atoms with Crippen LogP contribution in [0.15, 0.2) is 47.1 Å². The first-order chi connectivity index (χ1) is 18.2. The lowest BCUT2D eigenvalue weighted by Crippen LogP contribution is -2.51. The van der Waals surface area contributed by atoms with Crippen LogP contribution >= 0.6 is 0 Å². The van der Waals surface area contributed by atoms with E-state index in [2.05, 4.69) is 48.3 Å². The molecular formula is C32H37NO5. The molecular weight excluding hydrogens is 478 g/mol. The van der Waals surface area contributed by atoms with E-state index in [0.29, 0.717) is 18.8 Å². The Morgan fingerprint density at radius 3 is 2.61 bits per heavy atom. The molecule has 0 unspecified atom stereocenters. The predicted molar refractivity (Wildman–Crippen MR) is 145 cm³/mol. The summed E-state index contributed by atoms with van der Waals surface area (Å²) in [7, 11) is 1.90. The van der Waals surface area contributed by atoms with Crippen molar-refractivity contribution in [2.45, 2.75) is 64.7 Å². The molecule has 0 heterocycles. The zero-order valence-corrected chi connectivity index (χ0v) is 22.6. The van der Waals surface area contributed by atoms with Crippen LogP contribution in [0.4, 0.5) is 5.69 Å². The van der Waals surface area contributed by atoms with Crippen molar-refractivity contribution in [3.8, 4) is 11.8 Å². The van der Waals surface area contributed by atoms with Crippen molar-refractivity contribution in [1.29, 1.82) is 0 Å². The van der Waals surface area contributed by atoms with E-state index in [-0.39, 0.29) is 36.6 Å². The van der Waals surface area contributed by atoms with Gasteiger partial charge in [0.25, 0.3) is 0 Å². The highest BCUT2D eigenvalue weighted by molar-refractivity contribution is 5.93. The van der Waals surface area contributed by atoms with Gasteiger partial charge >= 0.3 is 5.97 Å². The largest absolute Gasteiger partial charge is 0.458 e. The van der Waals surface area contributed by atoms with Crippen molar-refractivity contribution in [1.82, 2.24) is 0 Å². The Morgan fingerprint density at radius 1 is 1.16 bits per heavy atom. The maximum Gasteiger partial charge on any atom is 0.303 e. The normalized spacial score (nSPS) is 31.7. The minimum absolute atomic E-state index is 0.0917. The second-order valence-corrected chi connectivity index (χ2v) is 11.5. The smallest absolute Gasteiger partial charge is 0.303 e. The second-order valence-electron chi connectivity index (χ2n) is 11.5. The number of nitrogens with one attached hydrogen (secondary N) is 1. The number of aliphatic hydroxyl groups excluding tert-OH is 1. The lowest BCUT2D eigenvalue weighted by Gasteiger charge is -2.54.